The number of rotatable bonds is 5. The standard InChI is InChI=1S/C23H32N4/c1-18-8-7-11-24-22(18)17-26(2)16-20-14-21-19(15-25-20)9-6-10-23(21)27-12-4-3-5-13-27/h6-11,20,25H,3-5,12-17H2,1-2H3/t20-/m1/s1. The lowest BCUT2D eigenvalue weighted by Crippen LogP contribution is -2.44. The van der Waals surface area contributed by atoms with Crippen LogP contribution in [0.4, 0.5) is 5.69 Å². The summed E-state index contributed by atoms with van der Waals surface area (Å²) in [6, 6.07) is 11.5. The molecule has 1 saturated heterocycles. The number of aromatic nitrogens is 1. The minimum atomic E-state index is 0.498. The van der Waals surface area contributed by atoms with E-state index < -0.39 is 0 Å². The topological polar surface area (TPSA) is 31.4 Å². The summed E-state index contributed by atoms with van der Waals surface area (Å²) in [5.41, 5.74) is 7.01. The van der Waals surface area contributed by atoms with Crippen molar-refractivity contribution in [3.63, 3.8) is 0 Å². The van der Waals surface area contributed by atoms with Crippen molar-refractivity contribution in [2.75, 3.05) is 31.6 Å². The Morgan fingerprint density at radius 1 is 1.15 bits per heavy atom. The number of piperidine rings is 1. The van der Waals surface area contributed by atoms with E-state index in [0.717, 1.165) is 26.1 Å². The number of anilines is 1. The van der Waals surface area contributed by atoms with Crippen LogP contribution < -0.4 is 10.2 Å². The number of benzene rings is 1. The van der Waals surface area contributed by atoms with E-state index >= 15 is 0 Å². The Balaban J connectivity index is 1.44. The van der Waals surface area contributed by atoms with Crippen LogP contribution in [0, 0.1) is 6.92 Å². The average molecular weight is 365 g/mol. The predicted octanol–water partition coefficient (Wildman–Crippen LogP) is 3.53. The molecule has 0 spiro atoms. The van der Waals surface area contributed by atoms with Gasteiger partial charge in [0.2, 0.25) is 0 Å². The molecule has 3 heterocycles. The Labute approximate surface area is 163 Å². The summed E-state index contributed by atoms with van der Waals surface area (Å²) in [4.78, 5) is 9.57. The first-order chi connectivity index (χ1) is 13.2. The fourth-order valence-corrected chi connectivity index (χ4v) is 4.54. The van der Waals surface area contributed by atoms with E-state index in [1.165, 1.54) is 54.9 Å². The molecule has 1 fully saturated rings. The molecular formula is C23H32N4. The number of pyridine rings is 1. The van der Waals surface area contributed by atoms with Gasteiger partial charge < -0.3 is 10.2 Å². The number of hydrogen-bond acceptors (Lipinski definition) is 4. The summed E-state index contributed by atoms with van der Waals surface area (Å²) in [6.45, 7) is 7.52. The largest absolute Gasteiger partial charge is 0.371 e. The second kappa shape index (κ2) is 8.41. The zero-order chi connectivity index (χ0) is 18.6. The third-order valence-electron chi connectivity index (χ3n) is 6.05. The zero-order valence-electron chi connectivity index (χ0n) is 16.7. The van der Waals surface area contributed by atoms with Crippen LogP contribution in [-0.4, -0.2) is 42.6 Å². The molecule has 4 heteroatoms. The molecule has 0 amide bonds. The molecule has 1 atom stereocenters. The van der Waals surface area contributed by atoms with Gasteiger partial charge in [-0.3, -0.25) is 9.88 Å². The van der Waals surface area contributed by atoms with Crippen molar-refractivity contribution in [1.82, 2.24) is 15.2 Å². The number of nitrogens with one attached hydrogen (secondary N) is 1. The molecule has 2 aliphatic rings. The van der Waals surface area contributed by atoms with Crippen LogP contribution in [0.5, 0.6) is 0 Å². The fourth-order valence-electron chi connectivity index (χ4n) is 4.54. The van der Waals surface area contributed by atoms with Gasteiger partial charge in [0.1, 0.15) is 0 Å². The molecular weight excluding hydrogens is 332 g/mol. The summed E-state index contributed by atoms with van der Waals surface area (Å²) >= 11 is 0. The number of aryl methyl sites for hydroxylation is 1. The Morgan fingerprint density at radius 3 is 2.81 bits per heavy atom. The molecule has 4 rings (SSSR count). The predicted molar refractivity (Wildman–Crippen MR) is 112 cm³/mol. The van der Waals surface area contributed by atoms with Crippen molar-refractivity contribution in [3.05, 3.63) is 58.9 Å². The van der Waals surface area contributed by atoms with Gasteiger partial charge in [0.05, 0.1) is 5.69 Å². The van der Waals surface area contributed by atoms with E-state index in [1.807, 2.05) is 12.3 Å². The molecule has 0 saturated carbocycles. The number of nitrogens with zero attached hydrogens (tertiary/aromatic N) is 3. The molecule has 144 valence electrons. The molecule has 1 aromatic heterocycles. The highest BCUT2D eigenvalue weighted by Gasteiger charge is 2.24. The minimum absolute atomic E-state index is 0.498. The Hall–Kier alpha value is -1.91. The van der Waals surface area contributed by atoms with Gasteiger partial charge in [-0.05, 0) is 68.5 Å². The number of hydrogen-bond donors (Lipinski definition) is 1. The fraction of sp³-hybridized carbons (Fsp3) is 0.522. The summed E-state index contributed by atoms with van der Waals surface area (Å²) in [6.07, 6.45) is 7.06. The SMILES string of the molecule is Cc1cccnc1CN(C)C[C@H]1Cc2c(cccc2N2CCCCC2)CN1. The molecule has 2 aliphatic heterocycles. The van der Waals surface area contributed by atoms with Crippen molar-refractivity contribution >= 4 is 5.69 Å². The average Bonchev–Trinajstić information content (AvgIpc) is 2.70. The van der Waals surface area contributed by atoms with Gasteiger partial charge in [0, 0.05) is 50.6 Å². The van der Waals surface area contributed by atoms with Gasteiger partial charge in [-0.2, -0.15) is 0 Å². The smallest absolute Gasteiger partial charge is 0.0572 e. The summed E-state index contributed by atoms with van der Waals surface area (Å²) < 4.78 is 0. The lowest BCUT2D eigenvalue weighted by Gasteiger charge is -2.35. The summed E-state index contributed by atoms with van der Waals surface area (Å²) in [5, 5.41) is 3.76. The van der Waals surface area contributed by atoms with Crippen molar-refractivity contribution < 1.29 is 0 Å². The Morgan fingerprint density at radius 2 is 2.00 bits per heavy atom. The van der Waals surface area contributed by atoms with Crippen LogP contribution in [-0.2, 0) is 19.5 Å². The zero-order valence-corrected chi connectivity index (χ0v) is 16.7. The molecule has 4 nitrogen and oxygen atoms in total. The van der Waals surface area contributed by atoms with Crippen molar-refractivity contribution in [3.8, 4) is 0 Å². The number of fused-ring (bicyclic) bond motifs is 1. The third kappa shape index (κ3) is 4.33. The van der Waals surface area contributed by atoms with Gasteiger partial charge in [0.25, 0.3) is 0 Å². The Bertz CT molecular complexity index is 767. The molecule has 1 aromatic carbocycles. The molecule has 0 bridgehead atoms. The van der Waals surface area contributed by atoms with Gasteiger partial charge in [-0.25, -0.2) is 0 Å². The third-order valence-corrected chi connectivity index (χ3v) is 6.05. The molecule has 0 radical (unpaired) electrons. The van der Waals surface area contributed by atoms with E-state index in [4.69, 9.17) is 0 Å². The van der Waals surface area contributed by atoms with Crippen LogP contribution in [0.25, 0.3) is 0 Å². The van der Waals surface area contributed by atoms with E-state index in [-0.39, 0.29) is 0 Å². The maximum Gasteiger partial charge on any atom is 0.0572 e. The van der Waals surface area contributed by atoms with Crippen molar-refractivity contribution in [1.29, 1.82) is 0 Å². The van der Waals surface area contributed by atoms with Gasteiger partial charge in [0.15, 0.2) is 0 Å². The monoisotopic (exact) mass is 364 g/mol. The lowest BCUT2D eigenvalue weighted by atomic mass is 9.92. The van der Waals surface area contributed by atoms with E-state index in [0.29, 0.717) is 6.04 Å². The highest BCUT2D eigenvalue weighted by Crippen LogP contribution is 2.30. The van der Waals surface area contributed by atoms with Crippen LogP contribution in [0.1, 0.15) is 41.6 Å². The highest BCUT2D eigenvalue weighted by molar-refractivity contribution is 5.58. The van der Waals surface area contributed by atoms with Crippen molar-refractivity contribution in [2.24, 2.45) is 0 Å². The first kappa shape index (κ1) is 18.5. The summed E-state index contributed by atoms with van der Waals surface area (Å²) in [5.74, 6) is 0. The molecule has 0 aliphatic carbocycles. The van der Waals surface area contributed by atoms with E-state index in [1.54, 1.807) is 5.56 Å². The number of likely N-dealkylation sites (N-methyl/N-ethyl adjacent to an activating group) is 1. The van der Waals surface area contributed by atoms with Gasteiger partial charge in [-0.15, -0.1) is 0 Å². The second-order valence-corrected chi connectivity index (χ2v) is 8.21. The molecule has 1 N–H and O–H groups in total. The van der Waals surface area contributed by atoms with E-state index in [2.05, 4.69) is 58.3 Å². The van der Waals surface area contributed by atoms with Crippen LogP contribution in [0.15, 0.2) is 36.5 Å². The maximum absolute atomic E-state index is 4.55. The van der Waals surface area contributed by atoms with Crippen molar-refractivity contribution in [2.45, 2.75) is 51.7 Å². The normalized spacial score (nSPS) is 20.0. The van der Waals surface area contributed by atoms with Crippen LogP contribution in [0.2, 0.25) is 0 Å². The Kier molecular flexibility index (Phi) is 5.74. The minimum Gasteiger partial charge on any atom is -0.371 e. The van der Waals surface area contributed by atoms with Gasteiger partial charge >= 0.3 is 0 Å². The molecule has 27 heavy (non-hydrogen) atoms. The lowest BCUT2D eigenvalue weighted by molar-refractivity contribution is 0.271. The van der Waals surface area contributed by atoms with Crippen LogP contribution >= 0.6 is 0 Å². The van der Waals surface area contributed by atoms with Crippen LogP contribution in [0.3, 0.4) is 0 Å². The van der Waals surface area contributed by atoms with E-state index in [9.17, 15) is 0 Å². The molecule has 2 aromatic rings. The highest BCUT2D eigenvalue weighted by atomic mass is 15.1. The first-order valence-electron chi connectivity index (χ1n) is 10.4. The quantitative estimate of drug-likeness (QED) is 0.879. The first-order valence-corrected chi connectivity index (χ1v) is 10.4. The second-order valence-electron chi connectivity index (χ2n) is 8.21. The molecule has 0 unspecified atom stereocenters. The summed E-state index contributed by atoms with van der Waals surface area (Å²) in [7, 11) is 2.21. The maximum atomic E-state index is 4.55. The van der Waals surface area contributed by atoms with Gasteiger partial charge in [-0.1, -0.05) is 18.2 Å².